The molecule has 0 N–H and O–H groups in total. The Kier molecular flexibility index (Phi) is 8.44. The normalized spacial score (nSPS) is 14.8. The molecule has 7 nitrogen and oxygen atoms in total. The third kappa shape index (κ3) is 6.23. The van der Waals surface area contributed by atoms with Crippen LogP contribution in [0.4, 0.5) is 0 Å². The van der Waals surface area contributed by atoms with E-state index in [4.69, 9.17) is 25.5 Å². The average Bonchev–Trinajstić information content (AvgIpc) is 2.84. The van der Waals surface area contributed by atoms with Crippen LogP contribution in [-0.2, 0) is 11.3 Å². The number of hydrogen-bond donors (Lipinski definition) is 0. The largest absolute Gasteiger partial charge is 0.493 e. The Balaban J connectivity index is 1.25. The van der Waals surface area contributed by atoms with Gasteiger partial charge in [-0.2, -0.15) is 0 Å². The van der Waals surface area contributed by atoms with E-state index in [-0.39, 0.29) is 12.2 Å². The van der Waals surface area contributed by atoms with Crippen LogP contribution in [-0.4, -0.2) is 61.7 Å². The summed E-state index contributed by atoms with van der Waals surface area (Å²) in [6, 6.07) is 13.4. The number of piperazine rings is 1. The van der Waals surface area contributed by atoms with Crippen molar-refractivity contribution in [3.63, 3.8) is 0 Å². The highest BCUT2D eigenvalue weighted by Gasteiger charge is 2.20. The lowest BCUT2D eigenvalue weighted by atomic mass is 10.1. The molecule has 0 atom stereocenters. The number of fused-ring (bicyclic) bond motifs is 1. The van der Waals surface area contributed by atoms with Gasteiger partial charge in [0, 0.05) is 55.7 Å². The highest BCUT2D eigenvalue weighted by Crippen LogP contribution is 2.25. The van der Waals surface area contributed by atoms with Crippen LogP contribution >= 0.6 is 11.6 Å². The molecule has 0 bridgehead atoms. The van der Waals surface area contributed by atoms with Gasteiger partial charge in [-0.1, -0.05) is 29.8 Å². The predicted octanol–water partition coefficient (Wildman–Crippen LogP) is 4.52. The van der Waals surface area contributed by atoms with E-state index in [2.05, 4.69) is 15.9 Å². The number of hydrogen-bond acceptors (Lipinski definition) is 7. The third-order valence-electron chi connectivity index (χ3n) is 6.32. The molecule has 1 aromatic heterocycles. The van der Waals surface area contributed by atoms with Crippen LogP contribution in [0, 0.1) is 6.92 Å². The maximum atomic E-state index is 12.3. The molecule has 0 saturated carbocycles. The van der Waals surface area contributed by atoms with Crippen molar-refractivity contribution in [1.29, 1.82) is 0 Å². The van der Waals surface area contributed by atoms with Crippen molar-refractivity contribution in [3.05, 3.63) is 74.6 Å². The van der Waals surface area contributed by atoms with Gasteiger partial charge in [0.1, 0.15) is 16.9 Å². The summed E-state index contributed by atoms with van der Waals surface area (Å²) in [6.07, 6.45) is 0.896. The van der Waals surface area contributed by atoms with Crippen molar-refractivity contribution in [1.82, 2.24) is 9.80 Å². The molecule has 2 aromatic carbocycles. The van der Waals surface area contributed by atoms with E-state index >= 15 is 0 Å². The van der Waals surface area contributed by atoms with Gasteiger partial charge in [-0.3, -0.25) is 4.90 Å². The number of halogens is 1. The summed E-state index contributed by atoms with van der Waals surface area (Å²) in [5.74, 6) is -0.0285. The molecule has 8 heteroatoms. The van der Waals surface area contributed by atoms with Crippen molar-refractivity contribution in [2.45, 2.75) is 26.8 Å². The van der Waals surface area contributed by atoms with Gasteiger partial charge in [-0.25, -0.2) is 9.59 Å². The second-order valence-electron chi connectivity index (χ2n) is 8.68. The van der Waals surface area contributed by atoms with Gasteiger partial charge in [0.15, 0.2) is 0 Å². The lowest BCUT2D eigenvalue weighted by Gasteiger charge is -2.34. The molecule has 35 heavy (non-hydrogen) atoms. The Morgan fingerprint density at radius 3 is 2.57 bits per heavy atom. The first-order chi connectivity index (χ1) is 17.0. The molecular weight excluding hydrogens is 468 g/mol. The van der Waals surface area contributed by atoms with Crippen LogP contribution in [0.1, 0.15) is 34.8 Å². The molecule has 0 radical (unpaired) electrons. The van der Waals surface area contributed by atoms with Crippen molar-refractivity contribution in [2.75, 3.05) is 45.9 Å². The van der Waals surface area contributed by atoms with E-state index < -0.39 is 11.6 Å². The molecule has 4 rings (SSSR count). The zero-order valence-electron chi connectivity index (χ0n) is 20.2. The molecule has 1 saturated heterocycles. The standard InChI is InChI=1S/C27H31ClN2O5/c1-3-33-26(31)25-19(2)22-10-9-21(17-24(22)35-27(25)32)34-16-6-11-29-12-14-30(15-13-29)18-20-7-4-5-8-23(20)28/h4-5,7-10,17H,3,6,11-16,18H2,1-2H3. The quantitative estimate of drug-likeness (QED) is 0.244. The highest BCUT2D eigenvalue weighted by atomic mass is 35.5. The number of aryl methyl sites for hydroxylation is 1. The van der Waals surface area contributed by atoms with Gasteiger partial charge < -0.3 is 18.8 Å². The summed E-state index contributed by atoms with van der Waals surface area (Å²) >= 11 is 6.29. The zero-order valence-corrected chi connectivity index (χ0v) is 21.0. The van der Waals surface area contributed by atoms with Crippen LogP contribution in [0.5, 0.6) is 5.75 Å². The second-order valence-corrected chi connectivity index (χ2v) is 9.09. The van der Waals surface area contributed by atoms with Crippen molar-refractivity contribution in [2.24, 2.45) is 0 Å². The number of esters is 1. The highest BCUT2D eigenvalue weighted by molar-refractivity contribution is 6.31. The van der Waals surface area contributed by atoms with Crippen LogP contribution in [0.2, 0.25) is 5.02 Å². The maximum Gasteiger partial charge on any atom is 0.351 e. The minimum Gasteiger partial charge on any atom is -0.493 e. The molecule has 1 aliphatic heterocycles. The van der Waals surface area contributed by atoms with E-state index in [1.54, 1.807) is 19.9 Å². The van der Waals surface area contributed by atoms with E-state index in [1.165, 1.54) is 5.56 Å². The summed E-state index contributed by atoms with van der Waals surface area (Å²) in [6.45, 7) is 10.1. The molecule has 2 heterocycles. The summed E-state index contributed by atoms with van der Waals surface area (Å²) in [5.41, 5.74) is 1.37. The van der Waals surface area contributed by atoms with Gasteiger partial charge in [-0.05, 0) is 49.6 Å². The number of carbonyl (C=O) groups is 1. The number of rotatable bonds is 9. The van der Waals surface area contributed by atoms with Gasteiger partial charge in [0.25, 0.3) is 0 Å². The fourth-order valence-corrected chi connectivity index (χ4v) is 4.58. The Hall–Kier alpha value is -2.87. The predicted molar refractivity (Wildman–Crippen MR) is 136 cm³/mol. The number of ether oxygens (including phenoxy) is 2. The van der Waals surface area contributed by atoms with E-state index in [0.717, 1.165) is 50.7 Å². The summed E-state index contributed by atoms with van der Waals surface area (Å²) in [7, 11) is 0. The molecule has 3 aromatic rings. The van der Waals surface area contributed by atoms with Crippen LogP contribution < -0.4 is 10.4 Å². The zero-order chi connectivity index (χ0) is 24.8. The average molecular weight is 499 g/mol. The van der Waals surface area contributed by atoms with Gasteiger partial charge in [-0.15, -0.1) is 0 Å². The molecule has 0 amide bonds. The maximum absolute atomic E-state index is 12.3. The molecular formula is C27H31ClN2O5. The fraction of sp³-hybridized carbons (Fsp3) is 0.407. The molecule has 0 spiro atoms. The first-order valence-corrected chi connectivity index (χ1v) is 12.4. The minimum absolute atomic E-state index is 0.0556. The van der Waals surface area contributed by atoms with Gasteiger partial charge in [0.05, 0.1) is 13.2 Å². The monoisotopic (exact) mass is 498 g/mol. The Morgan fingerprint density at radius 2 is 1.83 bits per heavy atom. The first-order valence-electron chi connectivity index (χ1n) is 12.0. The van der Waals surface area contributed by atoms with Crippen molar-refractivity contribution in [3.8, 4) is 5.75 Å². The van der Waals surface area contributed by atoms with Crippen LogP contribution in [0.25, 0.3) is 11.0 Å². The first kappa shape index (κ1) is 25.2. The molecule has 1 fully saturated rings. The smallest absolute Gasteiger partial charge is 0.351 e. The SMILES string of the molecule is CCOC(=O)c1c(C)c2ccc(OCCCN3CCN(Cc4ccccc4Cl)CC3)cc2oc1=O. The van der Waals surface area contributed by atoms with Gasteiger partial charge in [0.2, 0.25) is 0 Å². The van der Waals surface area contributed by atoms with Crippen LogP contribution in [0.15, 0.2) is 51.7 Å². The number of benzene rings is 2. The lowest BCUT2D eigenvalue weighted by molar-refractivity contribution is 0.0521. The minimum atomic E-state index is -0.695. The summed E-state index contributed by atoms with van der Waals surface area (Å²) in [5, 5.41) is 1.52. The summed E-state index contributed by atoms with van der Waals surface area (Å²) in [4.78, 5) is 29.3. The van der Waals surface area contributed by atoms with Crippen molar-refractivity contribution < 1.29 is 18.7 Å². The summed E-state index contributed by atoms with van der Waals surface area (Å²) < 4.78 is 16.3. The molecule has 0 unspecified atom stereocenters. The Labute approximate surface area is 210 Å². The topological polar surface area (TPSA) is 72.2 Å². The Morgan fingerprint density at radius 1 is 1.09 bits per heavy atom. The second kappa shape index (κ2) is 11.7. The number of nitrogens with zero attached hydrogens (tertiary/aromatic N) is 2. The van der Waals surface area contributed by atoms with Crippen LogP contribution in [0.3, 0.4) is 0 Å². The molecule has 0 aliphatic carbocycles. The molecule has 1 aliphatic rings. The van der Waals surface area contributed by atoms with Gasteiger partial charge >= 0.3 is 11.6 Å². The lowest BCUT2D eigenvalue weighted by Crippen LogP contribution is -2.46. The third-order valence-corrected chi connectivity index (χ3v) is 6.69. The van der Waals surface area contributed by atoms with E-state index in [9.17, 15) is 9.59 Å². The van der Waals surface area contributed by atoms with Crippen molar-refractivity contribution >= 4 is 28.5 Å². The van der Waals surface area contributed by atoms with E-state index in [0.29, 0.717) is 28.9 Å². The molecule has 186 valence electrons. The Bertz CT molecular complexity index is 1230. The fourth-order valence-electron chi connectivity index (χ4n) is 4.38. The number of carbonyl (C=O) groups excluding carboxylic acids is 1. The van der Waals surface area contributed by atoms with E-state index in [1.807, 2.05) is 30.3 Å².